The van der Waals surface area contributed by atoms with Crippen LogP contribution in [-0.2, 0) is 6.18 Å². The van der Waals surface area contributed by atoms with E-state index in [1.54, 1.807) is 0 Å². The maximum absolute atomic E-state index is 12.8. The maximum Gasteiger partial charge on any atom is 0.418 e. The summed E-state index contributed by atoms with van der Waals surface area (Å²) in [7, 11) is 0. The molecule has 9 heteroatoms. The van der Waals surface area contributed by atoms with Gasteiger partial charge < -0.3 is 9.67 Å². The molecule has 0 amide bonds. The highest BCUT2D eigenvalue weighted by Crippen LogP contribution is 2.34. The van der Waals surface area contributed by atoms with Crippen molar-refractivity contribution >= 4 is 33.5 Å². The van der Waals surface area contributed by atoms with Crippen LogP contribution in [0.2, 0.25) is 5.02 Å². The van der Waals surface area contributed by atoms with Gasteiger partial charge in [-0.3, -0.25) is 0 Å². The number of carbonyl (C=O) groups is 1. The van der Waals surface area contributed by atoms with Gasteiger partial charge in [-0.2, -0.15) is 13.2 Å². The van der Waals surface area contributed by atoms with Gasteiger partial charge >= 0.3 is 12.1 Å². The summed E-state index contributed by atoms with van der Waals surface area (Å²) in [5.41, 5.74) is -2.09. The number of carboxylic acid groups (broad SMARTS) is 1. The first-order valence-corrected chi connectivity index (χ1v) is 6.21. The third kappa shape index (κ3) is 2.80. The van der Waals surface area contributed by atoms with Gasteiger partial charge in [-0.15, -0.1) is 0 Å². The van der Waals surface area contributed by atoms with E-state index in [0.29, 0.717) is 15.7 Å². The topological polar surface area (TPSA) is 55.1 Å². The second kappa shape index (κ2) is 5.10. The molecule has 0 saturated carbocycles. The van der Waals surface area contributed by atoms with Crippen molar-refractivity contribution in [1.82, 2.24) is 9.55 Å². The van der Waals surface area contributed by atoms with E-state index < -0.39 is 23.3 Å². The van der Waals surface area contributed by atoms with Crippen molar-refractivity contribution in [3.8, 4) is 5.82 Å². The summed E-state index contributed by atoms with van der Waals surface area (Å²) in [6.45, 7) is 0. The van der Waals surface area contributed by atoms with Crippen molar-refractivity contribution in [2.45, 2.75) is 6.18 Å². The van der Waals surface area contributed by atoms with Crippen LogP contribution in [0.25, 0.3) is 5.82 Å². The van der Waals surface area contributed by atoms with Crippen molar-refractivity contribution in [2.24, 2.45) is 0 Å². The summed E-state index contributed by atoms with van der Waals surface area (Å²) in [6, 6.07) is 1.44. The predicted octanol–water partition coefficient (Wildman–Crippen LogP) is 4.01. The van der Waals surface area contributed by atoms with E-state index >= 15 is 0 Å². The molecule has 0 radical (unpaired) electrons. The molecule has 0 aliphatic carbocycles. The van der Waals surface area contributed by atoms with Gasteiger partial charge in [0.05, 0.1) is 20.6 Å². The molecule has 2 aromatic rings. The summed E-state index contributed by atoms with van der Waals surface area (Å²) in [4.78, 5) is 14.8. The Hall–Kier alpha value is -1.54. The molecule has 0 aliphatic heterocycles. The van der Waals surface area contributed by atoms with Gasteiger partial charge in [-0.1, -0.05) is 11.6 Å². The lowest BCUT2D eigenvalue weighted by Gasteiger charge is -2.05. The van der Waals surface area contributed by atoms with Crippen LogP contribution in [0.5, 0.6) is 0 Å². The summed E-state index contributed by atoms with van der Waals surface area (Å²) < 4.78 is 39.6. The molecule has 0 spiro atoms. The fourth-order valence-corrected chi connectivity index (χ4v) is 2.41. The van der Waals surface area contributed by atoms with Gasteiger partial charge in [0.25, 0.3) is 0 Å². The first kappa shape index (κ1) is 14.9. The molecule has 0 saturated heterocycles. The van der Waals surface area contributed by atoms with Crippen LogP contribution in [0.1, 0.15) is 15.9 Å². The van der Waals surface area contributed by atoms with E-state index in [4.69, 9.17) is 16.7 Å². The summed E-state index contributed by atoms with van der Waals surface area (Å²) in [6.07, 6.45) is -2.00. The first-order chi connectivity index (χ1) is 9.20. The van der Waals surface area contributed by atoms with Crippen LogP contribution in [0.15, 0.2) is 29.1 Å². The molecule has 2 heterocycles. The van der Waals surface area contributed by atoms with Crippen LogP contribution in [0.3, 0.4) is 0 Å². The van der Waals surface area contributed by atoms with E-state index in [-0.39, 0.29) is 5.82 Å². The number of carboxylic acids is 1. The minimum Gasteiger partial charge on any atom is -0.478 e. The molecule has 0 unspecified atom stereocenters. The smallest absolute Gasteiger partial charge is 0.418 e. The SMILES string of the molecule is O=C(O)c1cn(-c2ncc(Cl)cc2Br)cc1C(F)(F)F. The van der Waals surface area contributed by atoms with Crippen molar-refractivity contribution in [3.63, 3.8) is 0 Å². The number of aromatic nitrogens is 2. The highest BCUT2D eigenvalue weighted by molar-refractivity contribution is 9.10. The van der Waals surface area contributed by atoms with Gasteiger partial charge in [0, 0.05) is 18.6 Å². The van der Waals surface area contributed by atoms with E-state index in [9.17, 15) is 18.0 Å². The Morgan fingerprint density at radius 2 is 2.05 bits per heavy atom. The van der Waals surface area contributed by atoms with Crippen molar-refractivity contribution in [2.75, 3.05) is 0 Å². The molecule has 20 heavy (non-hydrogen) atoms. The molecular weight excluding hydrogens is 364 g/mol. The van der Waals surface area contributed by atoms with Gasteiger partial charge in [0.2, 0.25) is 0 Å². The predicted molar refractivity (Wildman–Crippen MR) is 68.2 cm³/mol. The lowest BCUT2D eigenvalue weighted by molar-refractivity contribution is -0.138. The molecular formula is C11H5BrClF3N2O2. The van der Waals surface area contributed by atoms with E-state index in [1.807, 2.05) is 0 Å². The third-order valence-electron chi connectivity index (χ3n) is 2.40. The van der Waals surface area contributed by atoms with Gasteiger partial charge in [-0.05, 0) is 22.0 Å². The largest absolute Gasteiger partial charge is 0.478 e. The number of rotatable bonds is 2. The van der Waals surface area contributed by atoms with Crippen LogP contribution in [0, 0.1) is 0 Å². The third-order valence-corrected chi connectivity index (χ3v) is 3.19. The van der Waals surface area contributed by atoms with Crippen LogP contribution in [0.4, 0.5) is 13.2 Å². The number of nitrogens with zero attached hydrogens (tertiary/aromatic N) is 2. The Kier molecular flexibility index (Phi) is 3.79. The highest BCUT2D eigenvalue weighted by Gasteiger charge is 2.37. The fraction of sp³-hybridized carbons (Fsp3) is 0.0909. The summed E-state index contributed by atoms with van der Waals surface area (Å²) >= 11 is 8.80. The summed E-state index contributed by atoms with van der Waals surface area (Å²) in [5.74, 6) is -1.56. The van der Waals surface area contributed by atoms with Crippen molar-refractivity contribution in [1.29, 1.82) is 0 Å². The van der Waals surface area contributed by atoms with Gasteiger partial charge in [0.15, 0.2) is 5.82 Å². The maximum atomic E-state index is 12.8. The number of aromatic carboxylic acids is 1. The average Bonchev–Trinajstić information content (AvgIpc) is 2.73. The molecule has 4 nitrogen and oxygen atoms in total. The second-order valence-corrected chi connectivity index (χ2v) is 5.05. The average molecular weight is 370 g/mol. The molecule has 0 atom stereocenters. The molecule has 0 bridgehead atoms. The monoisotopic (exact) mass is 368 g/mol. The molecule has 0 fully saturated rings. The van der Waals surface area contributed by atoms with Crippen LogP contribution in [-0.4, -0.2) is 20.6 Å². The second-order valence-electron chi connectivity index (χ2n) is 3.75. The zero-order valence-electron chi connectivity index (χ0n) is 9.45. The molecule has 0 aliphatic rings. The lowest BCUT2D eigenvalue weighted by Crippen LogP contribution is -2.09. The Bertz CT molecular complexity index is 685. The Labute approximate surface area is 123 Å². The van der Waals surface area contributed by atoms with Crippen LogP contribution >= 0.6 is 27.5 Å². The molecule has 1 N–H and O–H groups in total. The Morgan fingerprint density at radius 3 is 2.50 bits per heavy atom. The molecule has 2 aromatic heterocycles. The van der Waals surface area contributed by atoms with Gasteiger partial charge in [0.1, 0.15) is 0 Å². The Morgan fingerprint density at radius 1 is 1.40 bits per heavy atom. The zero-order chi connectivity index (χ0) is 15.1. The van der Waals surface area contributed by atoms with E-state index in [1.165, 1.54) is 12.3 Å². The standard InChI is InChI=1S/C11H5BrClF3N2O2/c12-8-1-5(13)2-17-9(8)18-3-6(10(19)20)7(4-18)11(14,15)16/h1-4H,(H,19,20). The minimum atomic E-state index is -4.77. The van der Waals surface area contributed by atoms with Crippen LogP contribution < -0.4 is 0 Å². The first-order valence-electron chi connectivity index (χ1n) is 5.04. The fourth-order valence-electron chi connectivity index (χ4n) is 1.57. The Balaban J connectivity index is 2.62. The minimum absolute atomic E-state index is 0.104. The normalized spacial score (nSPS) is 11.7. The summed E-state index contributed by atoms with van der Waals surface area (Å²) in [5, 5.41) is 9.13. The number of halogens is 5. The number of pyridine rings is 1. The van der Waals surface area contributed by atoms with E-state index in [2.05, 4.69) is 20.9 Å². The molecule has 106 valence electrons. The zero-order valence-corrected chi connectivity index (χ0v) is 11.8. The van der Waals surface area contributed by atoms with Crippen molar-refractivity contribution in [3.05, 3.63) is 45.3 Å². The van der Waals surface area contributed by atoms with Crippen molar-refractivity contribution < 1.29 is 23.1 Å². The van der Waals surface area contributed by atoms with E-state index in [0.717, 1.165) is 10.8 Å². The number of hydrogen-bond acceptors (Lipinski definition) is 2. The lowest BCUT2D eigenvalue weighted by atomic mass is 10.2. The number of hydrogen-bond donors (Lipinski definition) is 1. The highest BCUT2D eigenvalue weighted by atomic mass is 79.9. The molecule has 0 aromatic carbocycles. The number of alkyl halides is 3. The molecule has 2 rings (SSSR count). The quantitative estimate of drug-likeness (QED) is 0.870. The van der Waals surface area contributed by atoms with Gasteiger partial charge in [-0.25, -0.2) is 9.78 Å².